The number of esters is 4. The molecule has 0 bridgehead atoms. The molecule has 0 unspecified atom stereocenters. The van der Waals surface area contributed by atoms with Crippen molar-refractivity contribution in [1.29, 1.82) is 0 Å². The molecule has 14 nitrogen and oxygen atoms in total. The summed E-state index contributed by atoms with van der Waals surface area (Å²) in [7, 11) is -10.0. The molecule has 0 atom stereocenters. The SMILES string of the molecule is CCCCCCCCCCC/C=C/CCCCOC(=O)c1cccc(S(=O)(=O)[O-])c1C(=O)OCCCC/C=C/CCCCCCCCCCC.CCCCCCCCCCC/C=C/CCCCOC(=O)c1cccc(S(=O)(=O)[O-])c1C(=O)OCCCC/C=C/CCCCCCCCCCC.[Ca+2]. The molecular weight excluding hydrogens is 1340 g/mol. The topological polar surface area (TPSA) is 220 Å². The zero-order valence-electron chi connectivity index (χ0n) is 63.9. The molecule has 101 heavy (non-hydrogen) atoms. The molecule has 0 amide bonds. The van der Waals surface area contributed by atoms with E-state index in [9.17, 15) is 45.1 Å². The summed E-state index contributed by atoms with van der Waals surface area (Å²) in [6, 6.07) is 7.15. The molecule has 2 rings (SSSR count). The third-order valence-corrected chi connectivity index (χ3v) is 19.8. The van der Waals surface area contributed by atoms with Gasteiger partial charge in [0, 0.05) is 0 Å². The minimum Gasteiger partial charge on any atom is -0.744 e. The number of benzene rings is 2. The third kappa shape index (κ3) is 55.5. The van der Waals surface area contributed by atoms with Gasteiger partial charge in [-0.3, -0.25) is 0 Å². The molecule has 0 fully saturated rings. The van der Waals surface area contributed by atoms with Crippen LogP contribution in [-0.4, -0.2) is 114 Å². The van der Waals surface area contributed by atoms with Gasteiger partial charge in [0.15, 0.2) is 0 Å². The van der Waals surface area contributed by atoms with E-state index >= 15 is 0 Å². The summed E-state index contributed by atoms with van der Waals surface area (Å²) in [5, 5.41) is 0. The summed E-state index contributed by atoms with van der Waals surface area (Å²) in [6.45, 7) is 9.34. The van der Waals surface area contributed by atoms with Crippen molar-refractivity contribution in [2.75, 3.05) is 26.4 Å². The number of unbranched alkanes of at least 4 members (excludes halogenated alkanes) is 44. The van der Waals surface area contributed by atoms with Crippen molar-refractivity contribution >= 4 is 81.9 Å². The van der Waals surface area contributed by atoms with Crippen LogP contribution in [-0.2, 0) is 39.2 Å². The van der Waals surface area contributed by atoms with Crippen LogP contribution in [0, 0.1) is 0 Å². The predicted octanol–water partition coefficient (Wildman–Crippen LogP) is 24.0. The van der Waals surface area contributed by atoms with E-state index in [2.05, 4.69) is 76.3 Å². The minimum absolute atomic E-state index is 0. The molecule has 0 heterocycles. The number of hydrogen-bond donors (Lipinski definition) is 0. The second kappa shape index (κ2) is 69.4. The van der Waals surface area contributed by atoms with E-state index in [-0.39, 0.29) is 75.3 Å². The molecule has 0 saturated heterocycles. The van der Waals surface area contributed by atoms with Gasteiger partial charge >= 0.3 is 61.6 Å². The van der Waals surface area contributed by atoms with Gasteiger partial charge < -0.3 is 28.1 Å². The number of rotatable bonds is 66. The maximum absolute atomic E-state index is 13.0. The number of allylic oxidation sites excluding steroid dienone is 8. The van der Waals surface area contributed by atoms with Gasteiger partial charge in [-0.1, -0.05) is 294 Å². The van der Waals surface area contributed by atoms with Gasteiger partial charge in [0.1, 0.15) is 20.2 Å². The first-order valence-electron chi connectivity index (χ1n) is 40.1. The fraction of sp³-hybridized carbons (Fsp3) is 0.714. The smallest absolute Gasteiger partial charge is 0.744 e. The van der Waals surface area contributed by atoms with Crippen LogP contribution < -0.4 is 0 Å². The third-order valence-electron chi connectivity index (χ3n) is 18.0. The Bertz CT molecular complexity index is 2540. The van der Waals surface area contributed by atoms with Crippen LogP contribution in [0.25, 0.3) is 0 Å². The van der Waals surface area contributed by atoms with Crippen LogP contribution in [0.15, 0.2) is 94.8 Å². The Morgan fingerprint density at radius 1 is 0.277 bits per heavy atom. The molecule has 0 spiro atoms. The molecule has 0 radical (unpaired) electrons. The maximum atomic E-state index is 13.0. The normalized spacial score (nSPS) is 11.8. The van der Waals surface area contributed by atoms with Gasteiger partial charge in [-0.05, 0) is 153 Å². The second-order valence-electron chi connectivity index (χ2n) is 27.1. The van der Waals surface area contributed by atoms with Crippen molar-refractivity contribution in [2.24, 2.45) is 0 Å². The van der Waals surface area contributed by atoms with Gasteiger partial charge in [-0.2, -0.15) is 0 Å². The van der Waals surface area contributed by atoms with Gasteiger partial charge in [-0.15, -0.1) is 0 Å². The summed E-state index contributed by atoms with van der Waals surface area (Å²) >= 11 is 0. The standard InChI is InChI=1S/2C42H70O7S.Ca/c2*1-3-5-7-9-11-13-15-17-19-21-23-25-27-29-31-36-48-41(43)38-34-33-35-39(50(45,46)47)40(38)42(44)49-37-32-30-28-26-24-22-20-18-16-14-12-10-8-6-4-2;/h2*23-26,33-35H,3-22,27-32,36-37H2,1-2H3,(H,45,46,47);/q;;+2/p-2/b2*25-23+,26-24+;. The molecule has 2 aromatic rings. The van der Waals surface area contributed by atoms with Crippen molar-refractivity contribution in [3.63, 3.8) is 0 Å². The van der Waals surface area contributed by atoms with E-state index in [1.54, 1.807) is 0 Å². The van der Waals surface area contributed by atoms with E-state index in [4.69, 9.17) is 18.9 Å². The average Bonchev–Trinajstić information content (AvgIpc) is 0.800. The van der Waals surface area contributed by atoms with Crippen LogP contribution in [0.4, 0.5) is 0 Å². The number of ether oxygens (including phenoxy) is 4. The summed E-state index contributed by atoms with van der Waals surface area (Å²) < 4.78 is 93.0. The molecule has 0 aliphatic carbocycles. The van der Waals surface area contributed by atoms with Crippen molar-refractivity contribution in [1.82, 2.24) is 0 Å². The summed E-state index contributed by atoms with van der Waals surface area (Å²) in [5.74, 6) is -3.71. The zero-order valence-corrected chi connectivity index (χ0v) is 67.8. The molecule has 572 valence electrons. The van der Waals surface area contributed by atoms with E-state index in [0.29, 0.717) is 25.7 Å². The Labute approximate surface area is 645 Å². The second-order valence-corrected chi connectivity index (χ2v) is 29.8. The molecular formula is C84H138CaO14S2. The molecule has 0 saturated carbocycles. The van der Waals surface area contributed by atoms with Crippen LogP contribution in [0.5, 0.6) is 0 Å². The Morgan fingerprint density at radius 3 is 0.653 bits per heavy atom. The molecule has 0 aliphatic heterocycles. The van der Waals surface area contributed by atoms with Gasteiger partial charge in [0.25, 0.3) is 0 Å². The van der Waals surface area contributed by atoms with Crippen molar-refractivity contribution in [2.45, 2.75) is 371 Å². The molecule has 0 aromatic heterocycles. The Hall–Kier alpha value is -3.64. The van der Waals surface area contributed by atoms with E-state index in [1.807, 2.05) is 0 Å². The van der Waals surface area contributed by atoms with Crippen LogP contribution in [0.3, 0.4) is 0 Å². The fourth-order valence-corrected chi connectivity index (χ4v) is 13.3. The molecule has 0 N–H and O–H groups in total. The van der Waals surface area contributed by atoms with Gasteiger partial charge in [-0.25, -0.2) is 36.0 Å². The van der Waals surface area contributed by atoms with E-state index in [1.165, 1.54) is 255 Å². The Morgan fingerprint density at radius 2 is 0.455 bits per heavy atom. The summed E-state index contributed by atoms with van der Waals surface area (Å²) in [5.41, 5.74) is -1.64. The molecule has 0 aliphatic rings. The van der Waals surface area contributed by atoms with E-state index < -0.39 is 65.0 Å². The van der Waals surface area contributed by atoms with Crippen molar-refractivity contribution < 1.29 is 64.1 Å². The predicted molar refractivity (Wildman–Crippen MR) is 415 cm³/mol. The largest absolute Gasteiger partial charge is 2.00 e. The van der Waals surface area contributed by atoms with Gasteiger partial charge in [0.05, 0.1) is 58.5 Å². The zero-order chi connectivity index (χ0) is 73.1. The first-order chi connectivity index (χ1) is 48.6. The number of carbonyl (C=O) groups excluding carboxylic acids is 4. The maximum Gasteiger partial charge on any atom is 2.00 e. The molecule has 17 heteroatoms. The number of hydrogen-bond acceptors (Lipinski definition) is 14. The van der Waals surface area contributed by atoms with Crippen LogP contribution >= 0.6 is 0 Å². The van der Waals surface area contributed by atoms with E-state index in [0.717, 1.165) is 89.2 Å². The summed E-state index contributed by atoms with van der Waals surface area (Å²) in [4.78, 5) is 50.1. The van der Waals surface area contributed by atoms with Crippen LogP contribution in [0.2, 0.25) is 0 Å². The Balaban J connectivity index is 0.00000196. The first kappa shape index (κ1) is 97.4. The quantitative estimate of drug-likeness (QED) is 0.0150. The minimum atomic E-state index is -5.02. The number of carbonyl (C=O) groups is 4. The molecule has 2 aromatic carbocycles. The fourth-order valence-electron chi connectivity index (χ4n) is 11.9. The van der Waals surface area contributed by atoms with Crippen molar-refractivity contribution in [3.8, 4) is 0 Å². The average molecular weight is 1480 g/mol. The monoisotopic (exact) mass is 1470 g/mol. The summed E-state index contributed by atoms with van der Waals surface area (Å²) in [6.07, 6.45) is 78.3. The van der Waals surface area contributed by atoms with Crippen molar-refractivity contribution in [3.05, 3.63) is 107 Å². The first-order valence-corrected chi connectivity index (χ1v) is 42.9. The van der Waals surface area contributed by atoms with Gasteiger partial charge in [0.2, 0.25) is 0 Å². The Kier molecular flexibility index (Phi) is 66.9. The van der Waals surface area contributed by atoms with Crippen LogP contribution in [0.1, 0.15) is 403 Å².